The lowest BCUT2D eigenvalue weighted by molar-refractivity contribution is -0.115. The Balaban J connectivity index is 1.66. The highest BCUT2D eigenvalue weighted by Crippen LogP contribution is 2.35. The van der Waals surface area contributed by atoms with E-state index in [-0.39, 0.29) is 12.5 Å². The van der Waals surface area contributed by atoms with Crippen LogP contribution in [0, 0.1) is 0 Å². The van der Waals surface area contributed by atoms with Gasteiger partial charge in [-0.1, -0.05) is 35.3 Å². The molecule has 1 fully saturated rings. The molecule has 0 aliphatic carbocycles. The van der Waals surface area contributed by atoms with E-state index in [9.17, 15) is 9.90 Å². The van der Waals surface area contributed by atoms with Crippen molar-refractivity contribution in [3.8, 4) is 0 Å². The zero-order valence-electron chi connectivity index (χ0n) is 14.6. The van der Waals surface area contributed by atoms with Crippen molar-refractivity contribution in [1.82, 2.24) is 14.9 Å². The van der Waals surface area contributed by atoms with Crippen LogP contribution in [0.3, 0.4) is 0 Å². The Morgan fingerprint density at radius 1 is 1.29 bits per heavy atom. The fourth-order valence-corrected chi connectivity index (χ4v) is 4.13. The van der Waals surface area contributed by atoms with Gasteiger partial charge < -0.3 is 15.0 Å². The molecule has 1 aliphatic heterocycles. The van der Waals surface area contributed by atoms with Gasteiger partial charge in [0.25, 0.3) is 5.91 Å². The summed E-state index contributed by atoms with van der Waals surface area (Å²) in [6.07, 6.45) is 1.78. The van der Waals surface area contributed by atoms with Gasteiger partial charge in [0.1, 0.15) is 18.1 Å². The first kappa shape index (κ1) is 19.0. The second-order valence-electron chi connectivity index (χ2n) is 6.05. The van der Waals surface area contributed by atoms with E-state index in [4.69, 9.17) is 23.2 Å². The van der Waals surface area contributed by atoms with Gasteiger partial charge >= 0.3 is 0 Å². The maximum absolute atomic E-state index is 12.3. The van der Waals surface area contributed by atoms with Gasteiger partial charge in [0.05, 0.1) is 26.0 Å². The minimum Gasteiger partial charge on any atom is -0.388 e. The number of hydrogen-bond donors (Lipinski definition) is 2. The van der Waals surface area contributed by atoms with E-state index in [0.29, 0.717) is 31.6 Å². The van der Waals surface area contributed by atoms with Gasteiger partial charge in [0, 0.05) is 7.05 Å². The predicted molar refractivity (Wildman–Crippen MR) is 114 cm³/mol. The molecule has 0 unspecified atom stereocenters. The molecule has 1 saturated heterocycles. The molecule has 0 saturated carbocycles. The number of thioether (sulfide) groups is 1. The van der Waals surface area contributed by atoms with Crippen molar-refractivity contribution in [2.75, 3.05) is 0 Å². The Labute approximate surface area is 174 Å². The molecule has 142 valence electrons. The highest BCUT2D eigenvalue weighted by atomic mass is 35.5. The van der Waals surface area contributed by atoms with Gasteiger partial charge in [0.15, 0.2) is 5.17 Å². The topological polar surface area (TPSA) is 79.5 Å². The minimum absolute atomic E-state index is 0.135. The Kier molecular flexibility index (Phi) is 5.16. The van der Waals surface area contributed by atoms with Gasteiger partial charge in [-0.3, -0.25) is 4.79 Å². The van der Waals surface area contributed by atoms with E-state index in [1.165, 1.54) is 11.8 Å². The maximum atomic E-state index is 12.3. The summed E-state index contributed by atoms with van der Waals surface area (Å²) in [5.74, 6) is 0.340. The van der Waals surface area contributed by atoms with Crippen LogP contribution in [0.15, 0.2) is 46.3 Å². The number of benzene rings is 2. The number of nitrogens with zero attached hydrogens (tertiary/aromatic N) is 3. The number of fused-ring (bicyclic) bond motifs is 1. The number of carbonyl (C=O) groups is 1. The molecule has 2 aromatic carbocycles. The summed E-state index contributed by atoms with van der Waals surface area (Å²) >= 11 is 13.5. The molecule has 0 atom stereocenters. The van der Waals surface area contributed by atoms with Crippen LogP contribution in [-0.4, -0.2) is 25.7 Å². The average molecular weight is 433 g/mol. The Morgan fingerprint density at radius 2 is 2.04 bits per heavy atom. The number of aliphatic hydroxyl groups excluding tert-OH is 1. The van der Waals surface area contributed by atoms with Crippen LogP contribution in [-0.2, 0) is 18.4 Å². The number of halogens is 2. The van der Waals surface area contributed by atoms with Crippen LogP contribution in [0.1, 0.15) is 11.4 Å². The number of amides is 1. The second kappa shape index (κ2) is 7.60. The molecule has 9 heteroatoms. The van der Waals surface area contributed by atoms with E-state index < -0.39 is 0 Å². The van der Waals surface area contributed by atoms with E-state index in [1.54, 1.807) is 24.3 Å². The SMILES string of the molecule is Cn1c(CO)nc2ccc(C=C3SC(=Nc4c(Cl)cccc4Cl)NC3=O)cc21. The highest BCUT2D eigenvalue weighted by molar-refractivity contribution is 8.18. The number of amidine groups is 1. The zero-order chi connectivity index (χ0) is 19.8. The molecule has 0 spiro atoms. The number of rotatable bonds is 3. The summed E-state index contributed by atoms with van der Waals surface area (Å²) in [4.78, 5) is 21.6. The third-order valence-electron chi connectivity index (χ3n) is 4.24. The second-order valence-corrected chi connectivity index (χ2v) is 7.89. The maximum Gasteiger partial charge on any atom is 0.264 e. The molecule has 1 aliphatic rings. The first-order valence-corrected chi connectivity index (χ1v) is 9.83. The van der Waals surface area contributed by atoms with Crippen molar-refractivity contribution in [2.24, 2.45) is 12.0 Å². The number of para-hydroxylation sites is 1. The number of imidazole rings is 1. The third kappa shape index (κ3) is 3.54. The van der Waals surface area contributed by atoms with Crippen molar-refractivity contribution in [3.63, 3.8) is 0 Å². The number of aliphatic hydroxyl groups is 1. The van der Waals surface area contributed by atoms with Crippen LogP contribution < -0.4 is 5.32 Å². The average Bonchev–Trinajstić information content (AvgIpc) is 3.18. The summed E-state index contributed by atoms with van der Waals surface area (Å²) in [6, 6.07) is 10.8. The summed E-state index contributed by atoms with van der Waals surface area (Å²) in [5.41, 5.74) is 2.92. The number of carbonyl (C=O) groups excluding carboxylic acids is 1. The van der Waals surface area contributed by atoms with Gasteiger partial charge in [-0.15, -0.1) is 0 Å². The number of aliphatic imine (C=N–C) groups is 1. The fraction of sp³-hybridized carbons (Fsp3) is 0.105. The molecule has 1 aromatic heterocycles. The summed E-state index contributed by atoms with van der Waals surface area (Å²) in [5, 5.41) is 13.3. The van der Waals surface area contributed by atoms with Crippen molar-refractivity contribution < 1.29 is 9.90 Å². The van der Waals surface area contributed by atoms with Crippen molar-refractivity contribution in [3.05, 3.63) is 62.7 Å². The van der Waals surface area contributed by atoms with Crippen molar-refractivity contribution in [1.29, 1.82) is 0 Å². The Hall–Kier alpha value is -2.32. The molecule has 2 N–H and O–H groups in total. The molecule has 0 bridgehead atoms. The fourth-order valence-electron chi connectivity index (χ4n) is 2.82. The number of aromatic nitrogens is 2. The lowest BCUT2D eigenvalue weighted by Gasteiger charge is -2.01. The minimum atomic E-state index is -0.243. The quantitative estimate of drug-likeness (QED) is 0.605. The highest BCUT2D eigenvalue weighted by Gasteiger charge is 2.24. The molecule has 0 radical (unpaired) electrons. The van der Waals surface area contributed by atoms with E-state index in [2.05, 4.69) is 15.3 Å². The Bertz CT molecular complexity index is 1150. The molecule has 2 heterocycles. The number of aryl methyl sites for hydroxylation is 1. The van der Waals surface area contributed by atoms with Crippen LogP contribution >= 0.6 is 35.0 Å². The van der Waals surface area contributed by atoms with Gasteiger partial charge in [0.2, 0.25) is 0 Å². The van der Waals surface area contributed by atoms with Gasteiger partial charge in [-0.05, 0) is 47.7 Å². The normalized spacial score (nSPS) is 17.1. The van der Waals surface area contributed by atoms with Crippen molar-refractivity contribution in [2.45, 2.75) is 6.61 Å². The third-order valence-corrected chi connectivity index (χ3v) is 5.76. The lowest BCUT2D eigenvalue weighted by atomic mass is 10.2. The number of hydrogen-bond acceptors (Lipinski definition) is 5. The molecule has 4 rings (SSSR count). The molecular weight excluding hydrogens is 419 g/mol. The smallest absolute Gasteiger partial charge is 0.264 e. The van der Waals surface area contributed by atoms with Crippen LogP contribution in [0.4, 0.5) is 5.69 Å². The predicted octanol–water partition coefficient (Wildman–Crippen LogP) is 4.26. The van der Waals surface area contributed by atoms with E-state index >= 15 is 0 Å². The molecule has 1 amide bonds. The standard InChI is InChI=1S/C19H14Cl2N4O2S/c1-25-14-7-10(5-6-13(14)22-16(25)9-26)8-15-18(27)24-19(28-15)23-17-11(20)3-2-4-12(17)21/h2-8,26H,9H2,1H3,(H,23,24,27). The van der Waals surface area contributed by atoms with E-state index in [0.717, 1.165) is 16.6 Å². The van der Waals surface area contributed by atoms with Crippen LogP contribution in [0.2, 0.25) is 10.0 Å². The lowest BCUT2D eigenvalue weighted by Crippen LogP contribution is -2.19. The molecule has 3 aromatic rings. The van der Waals surface area contributed by atoms with Crippen molar-refractivity contribution >= 4 is 68.8 Å². The first-order chi connectivity index (χ1) is 13.5. The monoisotopic (exact) mass is 432 g/mol. The zero-order valence-corrected chi connectivity index (χ0v) is 16.9. The summed E-state index contributed by atoms with van der Waals surface area (Å²) in [6.45, 7) is -0.135. The first-order valence-electron chi connectivity index (χ1n) is 8.26. The summed E-state index contributed by atoms with van der Waals surface area (Å²) < 4.78 is 1.82. The van der Waals surface area contributed by atoms with Crippen LogP contribution in [0.25, 0.3) is 17.1 Å². The summed E-state index contributed by atoms with van der Waals surface area (Å²) in [7, 11) is 1.84. The molecular formula is C19H14Cl2N4O2S. The number of nitrogens with one attached hydrogen (secondary N) is 1. The van der Waals surface area contributed by atoms with Gasteiger partial charge in [-0.2, -0.15) is 0 Å². The largest absolute Gasteiger partial charge is 0.388 e. The Morgan fingerprint density at radius 3 is 2.75 bits per heavy atom. The van der Waals surface area contributed by atoms with Gasteiger partial charge in [-0.25, -0.2) is 9.98 Å². The molecule has 6 nitrogen and oxygen atoms in total. The van der Waals surface area contributed by atoms with E-state index in [1.807, 2.05) is 29.8 Å². The van der Waals surface area contributed by atoms with Crippen LogP contribution in [0.5, 0.6) is 0 Å². The molecule has 28 heavy (non-hydrogen) atoms.